The number of hydrogen-bond acceptors (Lipinski definition) is 6. The van der Waals surface area contributed by atoms with Gasteiger partial charge in [0.05, 0.1) is 33.8 Å². The van der Waals surface area contributed by atoms with E-state index in [4.69, 9.17) is 13.8 Å². The summed E-state index contributed by atoms with van der Waals surface area (Å²) in [6.07, 6.45) is 79.4. The summed E-state index contributed by atoms with van der Waals surface area (Å²) in [5, 5.41) is 3.05. The number of nitrogens with zero attached hydrogens (tertiary/aromatic N) is 1. The summed E-state index contributed by atoms with van der Waals surface area (Å²) in [5.41, 5.74) is 0. The van der Waals surface area contributed by atoms with Gasteiger partial charge in [-0.2, -0.15) is 0 Å². The third kappa shape index (κ3) is 59.1. The van der Waals surface area contributed by atoms with Gasteiger partial charge in [-0.3, -0.25) is 18.6 Å². The molecule has 9 nitrogen and oxygen atoms in total. The molecule has 0 radical (unpaired) electrons. The van der Waals surface area contributed by atoms with Crippen LogP contribution in [0.15, 0.2) is 109 Å². The Bertz CT molecular complexity index is 1720. The summed E-state index contributed by atoms with van der Waals surface area (Å²) in [5.74, 6) is -0.546. The van der Waals surface area contributed by atoms with Gasteiger partial charge in [0.15, 0.2) is 0 Å². The number of likely N-dealkylation sites (N-methyl/N-ethyl adjacent to an activating group) is 1. The van der Waals surface area contributed by atoms with E-state index in [1.165, 1.54) is 103 Å². The van der Waals surface area contributed by atoms with Gasteiger partial charge in [-0.15, -0.1) is 0 Å². The molecule has 0 spiro atoms. The van der Waals surface area contributed by atoms with E-state index < -0.39 is 20.0 Å². The Morgan fingerprint density at radius 1 is 0.456 bits per heavy atom. The number of rotatable bonds is 57. The van der Waals surface area contributed by atoms with Crippen molar-refractivity contribution in [1.82, 2.24) is 5.32 Å². The standard InChI is InChI=1S/C69H121N2O7P/c1-7-10-13-16-19-22-25-28-30-32-33-34-35-36-37-39-40-43-46-49-52-55-58-61-68(72)70-66(65-77-79(74,75)76-64-63-71(4,5)6)67(60-57-54-51-48-45-42-27-24-21-18-15-12-9-3)78-69(73)62-59-56-53-50-47-44-41-38-31-29-26-23-20-17-14-11-8-2/h10,13,19-20,22-23,28-31,33-34,36-37,41,44,57,60,66-67H,7-9,11-12,14-18,21,24-27,32,35,38-40,42-43,45-56,58-59,61-65H2,1-6H3,(H-,70,72,74,75)/p+1/b13-10-,22-19-,23-20-,30-28-,31-29-,34-33-,37-36-,44-41-,60-57-. The van der Waals surface area contributed by atoms with E-state index in [2.05, 4.69) is 123 Å². The van der Waals surface area contributed by atoms with Gasteiger partial charge in [0.1, 0.15) is 19.3 Å². The molecule has 0 fully saturated rings. The molecule has 1 amide bonds. The van der Waals surface area contributed by atoms with Crippen LogP contribution >= 0.6 is 7.82 Å². The number of unbranched alkanes of at least 4 members (excludes halogenated alkanes) is 25. The summed E-state index contributed by atoms with van der Waals surface area (Å²) >= 11 is 0. The first-order chi connectivity index (χ1) is 38.4. The minimum atomic E-state index is -4.47. The van der Waals surface area contributed by atoms with Crippen molar-refractivity contribution in [3.05, 3.63) is 109 Å². The summed E-state index contributed by atoms with van der Waals surface area (Å²) in [4.78, 5) is 37.8. The first-order valence-electron chi connectivity index (χ1n) is 32.2. The second-order valence-electron chi connectivity index (χ2n) is 22.5. The van der Waals surface area contributed by atoms with Crippen molar-refractivity contribution in [3.63, 3.8) is 0 Å². The molecule has 0 aliphatic rings. The Kier molecular flexibility index (Phi) is 55.4. The second-order valence-corrected chi connectivity index (χ2v) is 24.0. The van der Waals surface area contributed by atoms with Gasteiger partial charge in [-0.1, -0.05) is 246 Å². The lowest BCUT2D eigenvalue weighted by Crippen LogP contribution is -2.47. The van der Waals surface area contributed by atoms with Crippen LogP contribution in [0.3, 0.4) is 0 Å². The predicted octanol–water partition coefficient (Wildman–Crippen LogP) is 20.1. The number of phosphoric ester groups is 1. The largest absolute Gasteiger partial charge is 0.472 e. The molecule has 0 bridgehead atoms. The summed E-state index contributed by atoms with van der Waals surface area (Å²) in [7, 11) is 1.46. The lowest BCUT2D eigenvalue weighted by atomic mass is 10.0. The van der Waals surface area contributed by atoms with Crippen LogP contribution in [-0.4, -0.2) is 74.3 Å². The van der Waals surface area contributed by atoms with Crippen molar-refractivity contribution >= 4 is 19.7 Å². The quantitative estimate of drug-likeness (QED) is 0.0205. The maximum Gasteiger partial charge on any atom is 0.472 e. The third-order valence-corrected chi connectivity index (χ3v) is 14.7. The zero-order valence-electron chi connectivity index (χ0n) is 51.8. The van der Waals surface area contributed by atoms with E-state index in [-0.39, 0.29) is 31.5 Å². The molecule has 0 aliphatic heterocycles. The van der Waals surface area contributed by atoms with E-state index in [1.807, 2.05) is 33.3 Å². The van der Waals surface area contributed by atoms with Crippen molar-refractivity contribution in [2.45, 2.75) is 277 Å². The maximum absolute atomic E-state index is 13.6. The number of esters is 1. The number of ether oxygens (including phenoxy) is 1. The first-order valence-corrected chi connectivity index (χ1v) is 33.7. The van der Waals surface area contributed by atoms with Crippen LogP contribution in [-0.2, 0) is 27.9 Å². The number of allylic oxidation sites excluding steroid dienone is 17. The minimum Gasteiger partial charge on any atom is -0.456 e. The molecule has 3 unspecified atom stereocenters. The topological polar surface area (TPSA) is 111 Å². The van der Waals surface area contributed by atoms with Crippen LogP contribution in [0, 0.1) is 0 Å². The van der Waals surface area contributed by atoms with E-state index >= 15 is 0 Å². The maximum atomic E-state index is 13.6. The van der Waals surface area contributed by atoms with Gasteiger partial charge in [-0.25, -0.2) is 4.57 Å². The van der Waals surface area contributed by atoms with Crippen LogP contribution in [0.25, 0.3) is 0 Å². The molecular weight excluding hydrogens is 1000 g/mol. The van der Waals surface area contributed by atoms with Gasteiger partial charge in [-0.05, 0) is 115 Å². The molecule has 3 atom stereocenters. The van der Waals surface area contributed by atoms with E-state index in [0.717, 1.165) is 122 Å². The molecule has 0 heterocycles. The summed E-state index contributed by atoms with van der Waals surface area (Å²) in [6.45, 7) is 6.85. The van der Waals surface area contributed by atoms with Crippen LogP contribution in [0.4, 0.5) is 0 Å². The van der Waals surface area contributed by atoms with Crippen molar-refractivity contribution < 1.29 is 37.3 Å². The van der Waals surface area contributed by atoms with Gasteiger partial charge in [0, 0.05) is 12.8 Å². The Morgan fingerprint density at radius 3 is 1.24 bits per heavy atom. The fraction of sp³-hybridized carbons (Fsp3) is 0.710. The fourth-order valence-electron chi connectivity index (χ4n) is 8.74. The second kappa shape index (κ2) is 57.9. The van der Waals surface area contributed by atoms with E-state index in [1.54, 1.807) is 0 Å². The third-order valence-electron chi connectivity index (χ3n) is 13.7. The Balaban J connectivity index is 5.30. The molecule has 0 saturated heterocycles. The fourth-order valence-corrected chi connectivity index (χ4v) is 9.47. The average Bonchev–Trinajstić information content (AvgIpc) is 3.41. The first kappa shape index (κ1) is 75.7. The van der Waals surface area contributed by atoms with Crippen LogP contribution in [0.1, 0.15) is 265 Å². The Morgan fingerprint density at radius 2 is 0.810 bits per heavy atom. The zero-order valence-corrected chi connectivity index (χ0v) is 52.7. The zero-order chi connectivity index (χ0) is 57.9. The molecule has 0 saturated carbocycles. The number of nitrogens with one attached hydrogen (secondary N) is 1. The molecule has 0 aromatic rings. The smallest absolute Gasteiger partial charge is 0.456 e. The molecule has 454 valence electrons. The summed E-state index contributed by atoms with van der Waals surface area (Å²) in [6, 6.07) is -0.871. The Hall–Kier alpha value is -3.33. The number of phosphoric acid groups is 1. The average molecular weight is 1120 g/mol. The molecule has 79 heavy (non-hydrogen) atoms. The highest BCUT2D eigenvalue weighted by Gasteiger charge is 2.30. The van der Waals surface area contributed by atoms with Crippen LogP contribution in [0.5, 0.6) is 0 Å². The van der Waals surface area contributed by atoms with E-state index in [0.29, 0.717) is 23.9 Å². The van der Waals surface area contributed by atoms with Crippen molar-refractivity contribution in [2.75, 3.05) is 40.9 Å². The van der Waals surface area contributed by atoms with Crippen molar-refractivity contribution in [2.24, 2.45) is 0 Å². The van der Waals surface area contributed by atoms with Gasteiger partial charge in [0.25, 0.3) is 0 Å². The predicted molar refractivity (Wildman–Crippen MR) is 341 cm³/mol. The number of quaternary nitrogens is 1. The normalized spacial score (nSPS) is 14.4. The van der Waals surface area contributed by atoms with E-state index in [9.17, 15) is 19.0 Å². The monoisotopic (exact) mass is 1120 g/mol. The lowest BCUT2D eigenvalue weighted by Gasteiger charge is -2.27. The van der Waals surface area contributed by atoms with Gasteiger partial charge >= 0.3 is 13.8 Å². The molecule has 0 rings (SSSR count). The number of hydrogen-bond donors (Lipinski definition) is 2. The van der Waals surface area contributed by atoms with Crippen molar-refractivity contribution in [3.8, 4) is 0 Å². The van der Waals surface area contributed by atoms with Crippen molar-refractivity contribution in [1.29, 1.82) is 0 Å². The summed E-state index contributed by atoms with van der Waals surface area (Å²) < 4.78 is 30.7. The molecule has 0 aromatic heterocycles. The minimum absolute atomic E-state index is 0.0286. The highest BCUT2D eigenvalue weighted by molar-refractivity contribution is 7.47. The number of carbonyl (C=O) groups is 2. The SMILES string of the molecule is CC/C=C\C/C=C\C/C=C\C/C=C\C/C=C\CCCCCCCCCC(=O)NC(COP(=O)(O)OCC[N+](C)(C)C)C(/C=C\CCCCCCCCCCCCC)OC(=O)CCCCCC/C=C\C/C=C\C/C=C\CCCCC. The molecular formula is C69H122N2O7P+. The highest BCUT2D eigenvalue weighted by atomic mass is 31.2. The lowest BCUT2D eigenvalue weighted by molar-refractivity contribution is -0.870. The molecule has 0 aliphatic carbocycles. The molecule has 0 aromatic carbocycles. The van der Waals surface area contributed by atoms with Gasteiger partial charge < -0.3 is 19.4 Å². The van der Waals surface area contributed by atoms with Crippen LogP contribution in [0.2, 0.25) is 0 Å². The van der Waals surface area contributed by atoms with Crippen LogP contribution < -0.4 is 5.32 Å². The highest BCUT2D eigenvalue weighted by Crippen LogP contribution is 2.43. The number of carbonyl (C=O) groups excluding carboxylic acids is 2. The van der Waals surface area contributed by atoms with Gasteiger partial charge in [0.2, 0.25) is 5.91 Å². The molecule has 10 heteroatoms. The Labute approximate surface area is 487 Å². The number of amides is 1. The molecule has 2 N–H and O–H groups in total.